The van der Waals surface area contributed by atoms with Crippen LogP contribution in [-0.4, -0.2) is 40.9 Å². The fourth-order valence-electron chi connectivity index (χ4n) is 4.75. The smallest absolute Gasteiger partial charge is 0.199 e. The summed E-state index contributed by atoms with van der Waals surface area (Å²) in [5, 5.41) is 11.7. The number of phenols is 1. The van der Waals surface area contributed by atoms with E-state index in [4.69, 9.17) is 0 Å². The summed E-state index contributed by atoms with van der Waals surface area (Å²) in [6, 6.07) is 17.5. The fourth-order valence-corrected chi connectivity index (χ4v) is 8.41. The number of rotatable bonds is 5. The minimum Gasteiger partial charge on any atom is -0.508 e. The van der Waals surface area contributed by atoms with Crippen molar-refractivity contribution in [2.45, 2.75) is 44.3 Å². The molecule has 4 nitrogen and oxygen atoms in total. The first-order valence-corrected chi connectivity index (χ1v) is 12.4. The van der Waals surface area contributed by atoms with Gasteiger partial charge in [-0.15, -0.1) is 0 Å². The molecule has 2 heterocycles. The average molecular weight is 398 g/mol. The maximum absolute atomic E-state index is 15.1. The molecule has 1 N–H and O–H groups in total. The van der Waals surface area contributed by atoms with Gasteiger partial charge in [0.25, 0.3) is 0 Å². The summed E-state index contributed by atoms with van der Waals surface area (Å²) < 4.78 is 17.3. The molecule has 5 heteroatoms. The van der Waals surface area contributed by atoms with E-state index in [0.29, 0.717) is 0 Å². The normalized spacial score (nSPS) is 22.4. The van der Waals surface area contributed by atoms with Crippen molar-refractivity contribution in [1.82, 2.24) is 9.57 Å². The van der Waals surface area contributed by atoms with Gasteiger partial charge in [0.1, 0.15) is 11.5 Å². The summed E-state index contributed by atoms with van der Waals surface area (Å²) in [4.78, 5) is 2.38. The van der Waals surface area contributed by atoms with Crippen LogP contribution in [0.25, 0.3) is 0 Å². The molecule has 0 radical (unpaired) electrons. The van der Waals surface area contributed by atoms with Crippen molar-refractivity contribution < 1.29 is 9.67 Å². The third kappa shape index (κ3) is 3.78. The molecule has 0 aromatic heterocycles. The predicted molar refractivity (Wildman–Crippen MR) is 115 cm³/mol. The van der Waals surface area contributed by atoms with Crippen LogP contribution in [0.4, 0.5) is 0 Å². The largest absolute Gasteiger partial charge is 0.508 e. The molecule has 0 aliphatic carbocycles. The van der Waals surface area contributed by atoms with Gasteiger partial charge in [-0.1, -0.05) is 61.4 Å². The highest BCUT2D eigenvalue weighted by Crippen LogP contribution is 2.64. The van der Waals surface area contributed by atoms with E-state index in [2.05, 4.69) is 9.57 Å². The van der Waals surface area contributed by atoms with Crippen molar-refractivity contribution in [3.05, 3.63) is 60.2 Å². The lowest BCUT2D eigenvalue weighted by Gasteiger charge is -2.45. The molecule has 0 bridgehead atoms. The minimum absolute atomic E-state index is 0.256. The van der Waals surface area contributed by atoms with Gasteiger partial charge in [-0.25, -0.2) is 4.67 Å². The number of hydrogen-bond donors (Lipinski definition) is 1. The molecule has 0 saturated carbocycles. The van der Waals surface area contributed by atoms with Crippen LogP contribution < -0.4 is 5.30 Å². The molecule has 0 unspecified atom stereocenters. The number of benzene rings is 2. The van der Waals surface area contributed by atoms with Crippen LogP contribution >= 0.6 is 7.29 Å². The molecule has 2 fully saturated rings. The second-order valence-electron chi connectivity index (χ2n) is 8.00. The molecule has 0 spiro atoms. The monoisotopic (exact) mass is 398 g/mol. The predicted octanol–water partition coefficient (Wildman–Crippen LogP) is 4.97. The number of likely N-dealkylation sites (tertiary alicyclic amines) is 1. The van der Waals surface area contributed by atoms with Crippen LogP contribution in [0.15, 0.2) is 54.6 Å². The molecule has 0 amide bonds. The third-order valence-electron chi connectivity index (χ3n) is 6.16. The highest BCUT2D eigenvalue weighted by Gasteiger charge is 2.45. The van der Waals surface area contributed by atoms with Crippen molar-refractivity contribution in [3.63, 3.8) is 0 Å². The number of hydrogen-bond acceptors (Lipinski definition) is 3. The molecule has 150 valence electrons. The van der Waals surface area contributed by atoms with E-state index in [-0.39, 0.29) is 11.5 Å². The standard InChI is InChI=1S/C23H31N2O2P/c26-22-15-7-6-14-21(22)23(24-16-8-2-9-17-24)28(27,20-12-4-1-5-13-20)25-18-10-3-11-19-25/h1,4-7,12-15,23,26H,2-3,8-11,16-19H2/t23-,28-/m1/s1. The molecule has 2 saturated heterocycles. The first kappa shape index (κ1) is 19.7. The molecule has 28 heavy (non-hydrogen) atoms. The average Bonchev–Trinajstić information content (AvgIpc) is 2.77. The molecule has 2 aromatic carbocycles. The first-order chi connectivity index (χ1) is 13.7. The summed E-state index contributed by atoms with van der Waals surface area (Å²) in [6.45, 7) is 3.60. The van der Waals surface area contributed by atoms with Crippen LogP contribution in [0.5, 0.6) is 5.75 Å². The third-order valence-corrected chi connectivity index (χ3v) is 9.71. The van der Waals surface area contributed by atoms with E-state index in [0.717, 1.165) is 62.7 Å². The maximum Gasteiger partial charge on any atom is 0.199 e. The fraction of sp³-hybridized carbons (Fsp3) is 0.478. The van der Waals surface area contributed by atoms with Crippen molar-refractivity contribution in [3.8, 4) is 5.75 Å². The maximum atomic E-state index is 15.1. The number of phenolic OH excluding ortho intramolecular Hbond substituents is 1. The van der Waals surface area contributed by atoms with Crippen LogP contribution in [0.3, 0.4) is 0 Å². The molecular weight excluding hydrogens is 367 g/mol. The molecule has 4 rings (SSSR count). The Hall–Kier alpha value is -1.61. The molecule has 2 aliphatic heterocycles. The van der Waals surface area contributed by atoms with Crippen molar-refractivity contribution in [2.24, 2.45) is 0 Å². The zero-order valence-electron chi connectivity index (χ0n) is 16.5. The SMILES string of the molecule is O=[P@](c1ccccc1)([C@H](c1ccccc1O)N1CCCCC1)N1CCCCC1. The lowest BCUT2D eigenvalue weighted by atomic mass is 10.1. The Morgan fingerprint density at radius 1 is 0.750 bits per heavy atom. The van der Waals surface area contributed by atoms with Gasteiger partial charge < -0.3 is 5.11 Å². The Balaban J connectivity index is 1.88. The van der Waals surface area contributed by atoms with Crippen LogP contribution in [0.2, 0.25) is 0 Å². The van der Waals surface area contributed by atoms with Crippen LogP contribution in [0.1, 0.15) is 49.9 Å². The van der Waals surface area contributed by atoms with Gasteiger partial charge in [0.2, 0.25) is 0 Å². The first-order valence-electron chi connectivity index (χ1n) is 10.6. The van der Waals surface area contributed by atoms with Crippen molar-refractivity contribution in [1.29, 1.82) is 0 Å². The van der Waals surface area contributed by atoms with Gasteiger partial charge in [-0.05, 0) is 44.8 Å². The van der Waals surface area contributed by atoms with Gasteiger partial charge >= 0.3 is 0 Å². The Kier molecular flexibility index (Phi) is 6.20. The second-order valence-corrected chi connectivity index (χ2v) is 10.8. The highest BCUT2D eigenvalue weighted by molar-refractivity contribution is 7.69. The van der Waals surface area contributed by atoms with Crippen LogP contribution in [0, 0.1) is 0 Å². The van der Waals surface area contributed by atoms with E-state index < -0.39 is 7.29 Å². The Morgan fingerprint density at radius 2 is 1.32 bits per heavy atom. The Morgan fingerprint density at radius 3 is 1.96 bits per heavy atom. The number of aromatic hydroxyl groups is 1. The Labute approximate surface area is 168 Å². The highest BCUT2D eigenvalue weighted by atomic mass is 31.2. The van der Waals surface area contributed by atoms with Crippen LogP contribution in [-0.2, 0) is 4.57 Å². The van der Waals surface area contributed by atoms with E-state index in [9.17, 15) is 5.11 Å². The number of nitrogens with zero attached hydrogens (tertiary/aromatic N) is 2. The van der Waals surface area contributed by atoms with Gasteiger partial charge in [-0.3, -0.25) is 9.46 Å². The lowest BCUT2D eigenvalue weighted by molar-refractivity contribution is 0.196. The molecule has 2 aliphatic rings. The Bertz CT molecular complexity index is 814. The summed E-state index contributed by atoms with van der Waals surface area (Å²) >= 11 is 0. The number of para-hydroxylation sites is 1. The van der Waals surface area contributed by atoms with Gasteiger partial charge in [0, 0.05) is 24.0 Å². The van der Waals surface area contributed by atoms with E-state index >= 15 is 4.57 Å². The van der Waals surface area contributed by atoms with E-state index in [1.165, 1.54) is 12.8 Å². The number of piperidine rings is 2. The minimum atomic E-state index is -2.98. The van der Waals surface area contributed by atoms with Crippen molar-refractivity contribution in [2.75, 3.05) is 26.2 Å². The van der Waals surface area contributed by atoms with Gasteiger partial charge in [-0.2, -0.15) is 0 Å². The summed E-state index contributed by atoms with van der Waals surface area (Å²) in [6.07, 6.45) is 6.85. The zero-order valence-corrected chi connectivity index (χ0v) is 17.4. The topological polar surface area (TPSA) is 43.8 Å². The lowest BCUT2D eigenvalue weighted by Crippen LogP contribution is -2.41. The van der Waals surface area contributed by atoms with Gasteiger partial charge in [0.05, 0.1) is 0 Å². The van der Waals surface area contributed by atoms with E-state index in [1.807, 2.05) is 48.5 Å². The summed E-state index contributed by atoms with van der Waals surface area (Å²) in [5.41, 5.74) is 0.808. The zero-order chi connectivity index (χ0) is 19.4. The van der Waals surface area contributed by atoms with Gasteiger partial charge in [0.15, 0.2) is 7.29 Å². The summed E-state index contributed by atoms with van der Waals surface area (Å²) in [7, 11) is -2.98. The summed E-state index contributed by atoms with van der Waals surface area (Å²) in [5.74, 6) is -0.0410. The molecular formula is C23H31N2O2P. The quantitative estimate of drug-likeness (QED) is 0.723. The molecule has 2 atom stereocenters. The van der Waals surface area contributed by atoms with Crippen molar-refractivity contribution >= 4 is 12.6 Å². The van der Waals surface area contributed by atoms with E-state index in [1.54, 1.807) is 6.07 Å². The molecule has 2 aromatic rings. The second kappa shape index (κ2) is 8.82.